The van der Waals surface area contributed by atoms with Gasteiger partial charge in [-0.1, -0.05) is 12.8 Å². The first-order valence-electron chi connectivity index (χ1n) is 10.9. The molecule has 1 spiro atoms. The lowest BCUT2D eigenvalue weighted by atomic mass is 9.98. The molecule has 172 valence electrons. The Kier molecular flexibility index (Phi) is 7.12. The molecule has 0 aromatic heterocycles. The zero-order valence-electron chi connectivity index (χ0n) is 18.2. The van der Waals surface area contributed by atoms with Crippen molar-refractivity contribution in [3.8, 4) is 0 Å². The Morgan fingerprint density at radius 3 is 2.38 bits per heavy atom. The van der Waals surface area contributed by atoms with Gasteiger partial charge in [-0.2, -0.15) is 0 Å². The van der Waals surface area contributed by atoms with Crippen LogP contribution in [0.5, 0.6) is 0 Å². The number of nitrogens with one attached hydrogen (secondary N) is 2. The number of carbonyl (C=O) groups is 5. The van der Waals surface area contributed by atoms with Crippen molar-refractivity contribution in [3.05, 3.63) is 29.8 Å². The van der Waals surface area contributed by atoms with Gasteiger partial charge in [0.05, 0.1) is 0 Å². The summed E-state index contributed by atoms with van der Waals surface area (Å²) < 4.78 is 0. The number of rotatable bonds is 9. The summed E-state index contributed by atoms with van der Waals surface area (Å²) in [6, 6.07) is 5.76. The van der Waals surface area contributed by atoms with E-state index in [0.717, 1.165) is 17.7 Å². The first-order chi connectivity index (χ1) is 15.3. The number of primary amides is 1. The fourth-order valence-electron chi connectivity index (χ4n) is 4.20. The lowest BCUT2D eigenvalue weighted by Gasteiger charge is -2.23. The van der Waals surface area contributed by atoms with Crippen LogP contribution in [0.15, 0.2) is 24.3 Å². The van der Waals surface area contributed by atoms with Crippen molar-refractivity contribution in [2.24, 2.45) is 5.73 Å². The van der Waals surface area contributed by atoms with Gasteiger partial charge in [0.15, 0.2) is 0 Å². The molecule has 32 heavy (non-hydrogen) atoms. The smallest absolute Gasteiger partial charge is 0.325 e. The fraction of sp³-hybridized carbons (Fsp3) is 0.500. The monoisotopic (exact) mass is 443 g/mol. The van der Waals surface area contributed by atoms with E-state index in [1.54, 1.807) is 19.1 Å². The number of anilines is 1. The molecule has 1 aliphatic heterocycles. The lowest BCUT2D eigenvalue weighted by Crippen LogP contribution is -2.44. The topological polar surface area (TPSA) is 142 Å². The molecular formula is C22H29N5O5. The lowest BCUT2D eigenvalue weighted by molar-refractivity contribution is -0.133. The predicted octanol–water partition coefficient (Wildman–Crippen LogP) is 1.22. The van der Waals surface area contributed by atoms with Crippen LogP contribution in [0.3, 0.4) is 0 Å². The maximum atomic E-state index is 12.7. The van der Waals surface area contributed by atoms with E-state index in [1.807, 2.05) is 0 Å². The fourth-order valence-corrected chi connectivity index (χ4v) is 4.20. The Morgan fingerprint density at radius 2 is 1.78 bits per heavy atom. The van der Waals surface area contributed by atoms with Crippen molar-refractivity contribution in [3.63, 3.8) is 0 Å². The van der Waals surface area contributed by atoms with Crippen LogP contribution in [0.4, 0.5) is 10.5 Å². The number of urea groups is 1. The minimum atomic E-state index is -0.779. The molecule has 6 amide bonds. The standard InChI is InChI=1S/C22H29N5O5/c1-2-26(13-9-17(28)24-16-7-5-15(6-8-16)19(23)30)18(29)10-14-27-20(31)22(25-21(27)32)11-3-4-12-22/h5-8H,2-4,9-14H2,1H3,(H2,23,30)(H,24,28)(H,25,32). The summed E-state index contributed by atoms with van der Waals surface area (Å²) in [5.41, 5.74) is 5.28. The molecule has 1 saturated carbocycles. The first-order valence-corrected chi connectivity index (χ1v) is 10.9. The molecule has 1 saturated heterocycles. The van der Waals surface area contributed by atoms with Gasteiger partial charge < -0.3 is 21.3 Å². The van der Waals surface area contributed by atoms with Crippen LogP contribution in [0, 0.1) is 0 Å². The summed E-state index contributed by atoms with van der Waals surface area (Å²) in [7, 11) is 0. The Morgan fingerprint density at radius 1 is 1.12 bits per heavy atom. The molecule has 2 aliphatic rings. The first kappa shape index (κ1) is 23.2. The van der Waals surface area contributed by atoms with Gasteiger partial charge in [0.1, 0.15) is 5.54 Å². The van der Waals surface area contributed by atoms with Crippen LogP contribution in [0.1, 0.15) is 55.8 Å². The van der Waals surface area contributed by atoms with Crippen molar-refractivity contribution in [1.29, 1.82) is 0 Å². The maximum Gasteiger partial charge on any atom is 0.325 e. The summed E-state index contributed by atoms with van der Waals surface area (Å²) in [4.78, 5) is 63.5. The summed E-state index contributed by atoms with van der Waals surface area (Å²) in [5, 5.41) is 5.51. The molecule has 3 rings (SSSR count). The number of hydrogen-bond acceptors (Lipinski definition) is 5. The van der Waals surface area contributed by atoms with Crippen molar-refractivity contribution in [1.82, 2.24) is 15.1 Å². The van der Waals surface area contributed by atoms with Crippen LogP contribution in [-0.2, 0) is 14.4 Å². The number of amides is 6. The highest BCUT2D eigenvalue weighted by Gasteiger charge is 2.52. The molecule has 0 atom stereocenters. The SMILES string of the molecule is CCN(CCC(=O)Nc1ccc(C(N)=O)cc1)C(=O)CCN1C(=O)NC2(CCCC2)C1=O. The minimum absolute atomic E-state index is 0.0132. The molecule has 10 heteroatoms. The highest BCUT2D eigenvalue weighted by atomic mass is 16.2. The number of benzene rings is 1. The van der Waals surface area contributed by atoms with E-state index in [4.69, 9.17) is 5.73 Å². The zero-order chi connectivity index (χ0) is 23.3. The quantitative estimate of drug-likeness (QED) is 0.492. The van der Waals surface area contributed by atoms with Crippen molar-refractivity contribution >= 4 is 35.3 Å². The number of nitrogens with two attached hydrogens (primary N) is 1. The predicted molar refractivity (Wildman–Crippen MR) is 117 cm³/mol. The van der Waals surface area contributed by atoms with Crippen LogP contribution in [0.2, 0.25) is 0 Å². The van der Waals surface area contributed by atoms with Gasteiger partial charge in [-0.25, -0.2) is 4.79 Å². The number of carbonyl (C=O) groups excluding carboxylic acids is 5. The molecule has 1 aromatic carbocycles. The largest absolute Gasteiger partial charge is 0.366 e. The summed E-state index contributed by atoms with van der Waals surface area (Å²) in [5.74, 6) is -1.29. The molecule has 0 radical (unpaired) electrons. The van der Waals surface area contributed by atoms with E-state index in [1.165, 1.54) is 17.0 Å². The summed E-state index contributed by atoms with van der Waals surface area (Å²) >= 11 is 0. The average Bonchev–Trinajstić information content (AvgIpc) is 3.32. The Balaban J connectivity index is 1.46. The van der Waals surface area contributed by atoms with Gasteiger partial charge in [-0.3, -0.25) is 24.1 Å². The van der Waals surface area contributed by atoms with E-state index in [-0.39, 0.29) is 43.7 Å². The summed E-state index contributed by atoms with van der Waals surface area (Å²) in [6.07, 6.45) is 3.19. The van der Waals surface area contributed by atoms with Crippen molar-refractivity contribution < 1.29 is 24.0 Å². The zero-order valence-corrected chi connectivity index (χ0v) is 18.2. The summed E-state index contributed by atoms with van der Waals surface area (Å²) in [6.45, 7) is 2.45. The molecule has 4 N–H and O–H groups in total. The highest BCUT2D eigenvalue weighted by Crippen LogP contribution is 2.35. The third-order valence-electron chi connectivity index (χ3n) is 6.05. The van der Waals surface area contributed by atoms with Crippen LogP contribution in [-0.4, -0.2) is 64.6 Å². The second kappa shape index (κ2) is 9.80. The second-order valence-electron chi connectivity index (χ2n) is 8.14. The molecule has 0 unspecified atom stereocenters. The van der Waals surface area contributed by atoms with Crippen molar-refractivity contribution in [2.45, 2.75) is 51.0 Å². The number of nitrogens with zero attached hydrogens (tertiary/aromatic N) is 2. The third-order valence-corrected chi connectivity index (χ3v) is 6.05. The maximum absolute atomic E-state index is 12.7. The van der Waals surface area contributed by atoms with Gasteiger partial charge in [-0.15, -0.1) is 0 Å². The third kappa shape index (κ3) is 5.06. The molecule has 1 aliphatic carbocycles. The van der Waals surface area contributed by atoms with Gasteiger partial charge in [0.2, 0.25) is 17.7 Å². The second-order valence-corrected chi connectivity index (χ2v) is 8.14. The van der Waals surface area contributed by atoms with Gasteiger partial charge in [-0.05, 0) is 44.0 Å². The highest BCUT2D eigenvalue weighted by molar-refractivity contribution is 6.07. The Bertz CT molecular complexity index is 908. The normalized spacial score (nSPS) is 16.8. The van der Waals surface area contributed by atoms with E-state index < -0.39 is 17.5 Å². The minimum Gasteiger partial charge on any atom is -0.366 e. The van der Waals surface area contributed by atoms with Crippen LogP contribution < -0.4 is 16.4 Å². The molecular weight excluding hydrogens is 414 g/mol. The van der Waals surface area contributed by atoms with E-state index in [2.05, 4.69) is 10.6 Å². The van der Waals surface area contributed by atoms with Crippen LogP contribution >= 0.6 is 0 Å². The Hall–Kier alpha value is -3.43. The number of imide groups is 1. The van der Waals surface area contributed by atoms with Crippen molar-refractivity contribution in [2.75, 3.05) is 25.0 Å². The van der Waals surface area contributed by atoms with Crippen LogP contribution in [0.25, 0.3) is 0 Å². The average molecular weight is 444 g/mol. The number of hydrogen-bond donors (Lipinski definition) is 3. The van der Waals surface area contributed by atoms with Gasteiger partial charge >= 0.3 is 6.03 Å². The van der Waals surface area contributed by atoms with E-state index in [9.17, 15) is 24.0 Å². The Labute approximate surface area is 186 Å². The van der Waals surface area contributed by atoms with E-state index in [0.29, 0.717) is 30.6 Å². The van der Waals surface area contributed by atoms with Gasteiger partial charge in [0, 0.05) is 43.7 Å². The molecule has 1 heterocycles. The van der Waals surface area contributed by atoms with E-state index >= 15 is 0 Å². The molecule has 1 aromatic rings. The molecule has 10 nitrogen and oxygen atoms in total. The molecule has 0 bridgehead atoms. The van der Waals surface area contributed by atoms with Gasteiger partial charge in [0.25, 0.3) is 5.91 Å². The molecule has 2 fully saturated rings.